The van der Waals surface area contributed by atoms with Crippen molar-refractivity contribution in [1.29, 1.82) is 0 Å². The van der Waals surface area contributed by atoms with Crippen LogP contribution >= 0.6 is 0 Å². The molecule has 0 spiro atoms. The lowest BCUT2D eigenvalue weighted by Gasteiger charge is -2.30. The molecule has 3 fully saturated rings. The lowest BCUT2D eigenvalue weighted by molar-refractivity contribution is -0.141. The van der Waals surface area contributed by atoms with Crippen LogP contribution in [0.2, 0.25) is 0 Å². The van der Waals surface area contributed by atoms with Crippen molar-refractivity contribution in [1.82, 2.24) is 20.3 Å². The van der Waals surface area contributed by atoms with Crippen LogP contribution < -0.4 is 15.4 Å². The summed E-state index contributed by atoms with van der Waals surface area (Å²) >= 11 is 0. The molecule has 4 aliphatic rings. The number of ether oxygens (including phenoxy) is 1. The van der Waals surface area contributed by atoms with Crippen LogP contribution in [0.15, 0.2) is 12.2 Å². The van der Waals surface area contributed by atoms with E-state index in [2.05, 4.69) is 15.4 Å². The Morgan fingerprint density at radius 1 is 1.10 bits per heavy atom. The number of fused-ring (bicyclic) bond motifs is 2. The van der Waals surface area contributed by atoms with E-state index < -0.39 is 68.2 Å². The lowest BCUT2D eigenvalue weighted by atomic mass is 10.0. The van der Waals surface area contributed by atoms with E-state index >= 15 is 0 Å². The molecule has 216 valence electrons. The Bertz CT molecular complexity index is 1170. The summed E-state index contributed by atoms with van der Waals surface area (Å²) in [6.45, 7) is 4.79. The number of allylic oxidation sites excluding steroid dienone is 1. The Kier molecular flexibility index (Phi) is 8.11. The second-order valence-corrected chi connectivity index (χ2v) is 13.9. The first-order chi connectivity index (χ1) is 18.2. The fourth-order valence-corrected chi connectivity index (χ4v) is 6.44. The van der Waals surface area contributed by atoms with Gasteiger partial charge in [0.15, 0.2) is 5.78 Å². The van der Waals surface area contributed by atoms with Gasteiger partial charge in [0.1, 0.15) is 23.2 Å². The van der Waals surface area contributed by atoms with Gasteiger partial charge in [0.05, 0.1) is 11.8 Å². The second kappa shape index (κ2) is 10.9. The topological polar surface area (TPSA) is 168 Å². The zero-order valence-corrected chi connectivity index (χ0v) is 23.5. The number of Topliss-reactive ketones (excluding diaryl/α,β-unsaturated/α-hetero) is 1. The molecule has 4 amide bonds. The first-order valence-corrected chi connectivity index (χ1v) is 15.1. The van der Waals surface area contributed by atoms with Crippen molar-refractivity contribution in [3.05, 3.63) is 12.2 Å². The van der Waals surface area contributed by atoms with Gasteiger partial charge in [0, 0.05) is 12.3 Å². The van der Waals surface area contributed by atoms with Crippen molar-refractivity contribution in [2.75, 3.05) is 6.54 Å². The Morgan fingerprint density at radius 3 is 2.49 bits per heavy atom. The lowest BCUT2D eigenvalue weighted by Crippen LogP contribution is -2.58. The summed E-state index contributed by atoms with van der Waals surface area (Å²) in [6, 6.07) is -2.19. The summed E-state index contributed by atoms with van der Waals surface area (Å²) in [5.74, 6) is -2.85. The highest BCUT2D eigenvalue weighted by Gasteiger charge is 2.62. The number of sulfonamides is 1. The van der Waals surface area contributed by atoms with Crippen molar-refractivity contribution in [2.45, 2.75) is 107 Å². The third-order valence-corrected chi connectivity index (χ3v) is 9.23. The largest absolute Gasteiger partial charge is 0.444 e. The molecule has 4 rings (SSSR count). The van der Waals surface area contributed by atoms with Crippen molar-refractivity contribution >= 4 is 39.6 Å². The SMILES string of the molecule is CC(C)(C)OC(=O)N[C@H]1CCCCCC=C[C@@H]2C[C@@]2(C(=O)NS(=O)(=O)C2CC2)NC(=O)[C@@H]2CC(=O)CN2C1=O. The van der Waals surface area contributed by atoms with E-state index in [0.717, 1.165) is 17.7 Å². The summed E-state index contributed by atoms with van der Waals surface area (Å²) in [5.41, 5.74) is -2.27. The minimum atomic E-state index is -3.84. The summed E-state index contributed by atoms with van der Waals surface area (Å²) in [5, 5.41) is 4.69. The minimum Gasteiger partial charge on any atom is -0.444 e. The van der Waals surface area contributed by atoms with Crippen molar-refractivity contribution < 1.29 is 37.1 Å². The quantitative estimate of drug-likeness (QED) is 0.425. The van der Waals surface area contributed by atoms with Gasteiger partial charge in [-0.1, -0.05) is 25.0 Å². The number of ketones is 1. The zero-order valence-electron chi connectivity index (χ0n) is 22.7. The Labute approximate surface area is 228 Å². The van der Waals surface area contributed by atoms with Gasteiger partial charge in [-0.15, -0.1) is 0 Å². The summed E-state index contributed by atoms with van der Waals surface area (Å²) < 4.78 is 32.4. The number of alkyl carbamates (subject to hydrolysis) is 1. The van der Waals surface area contributed by atoms with E-state index in [1.54, 1.807) is 20.8 Å². The van der Waals surface area contributed by atoms with E-state index in [-0.39, 0.29) is 25.2 Å². The van der Waals surface area contributed by atoms with Crippen LogP contribution in [0.5, 0.6) is 0 Å². The number of hydrogen-bond acceptors (Lipinski definition) is 8. The van der Waals surface area contributed by atoms with Crippen LogP contribution in [0, 0.1) is 5.92 Å². The number of nitrogens with zero attached hydrogens (tertiary/aromatic N) is 1. The molecule has 12 nitrogen and oxygen atoms in total. The molecular weight excluding hydrogens is 528 g/mol. The van der Waals surface area contributed by atoms with E-state index in [1.165, 1.54) is 0 Å². The Hall–Kier alpha value is -2.96. The smallest absolute Gasteiger partial charge is 0.408 e. The standard InChI is InChI=1S/C26H38N4O8S/c1-25(2,3)38-24(35)27-19-10-8-6-4-5-7-9-16-14-26(16,23(34)29-39(36,37)18-11-12-18)28-21(32)20-13-17(31)15-30(20)22(19)33/h7,9,16,18-20H,4-6,8,10-15H2,1-3H3,(H,27,35)(H,28,32)(H,29,34)/t16-,19+,20+,26-/m1/s1. The molecule has 0 unspecified atom stereocenters. The Balaban J connectivity index is 1.57. The van der Waals surface area contributed by atoms with Crippen LogP contribution in [-0.2, 0) is 33.9 Å². The van der Waals surface area contributed by atoms with E-state index in [4.69, 9.17) is 4.74 Å². The molecule has 4 atom stereocenters. The number of amides is 4. The van der Waals surface area contributed by atoms with Gasteiger partial charge in [-0.05, 0) is 59.3 Å². The van der Waals surface area contributed by atoms with Crippen LogP contribution in [0.1, 0.15) is 78.6 Å². The van der Waals surface area contributed by atoms with Crippen LogP contribution in [0.4, 0.5) is 4.79 Å². The maximum Gasteiger partial charge on any atom is 0.408 e. The van der Waals surface area contributed by atoms with Crippen LogP contribution in [0.25, 0.3) is 0 Å². The molecule has 0 aromatic carbocycles. The number of carbonyl (C=O) groups is 5. The first-order valence-electron chi connectivity index (χ1n) is 13.6. The molecule has 2 saturated carbocycles. The fraction of sp³-hybridized carbons (Fsp3) is 0.731. The Morgan fingerprint density at radius 2 is 1.82 bits per heavy atom. The maximum absolute atomic E-state index is 13.6. The normalized spacial score (nSPS) is 30.3. The molecule has 0 aromatic rings. The highest BCUT2D eigenvalue weighted by Crippen LogP contribution is 2.46. The second-order valence-electron chi connectivity index (χ2n) is 11.9. The van der Waals surface area contributed by atoms with Gasteiger partial charge in [0.25, 0.3) is 5.91 Å². The monoisotopic (exact) mass is 566 g/mol. The van der Waals surface area contributed by atoms with Gasteiger partial charge in [-0.3, -0.25) is 23.9 Å². The number of nitrogens with one attached hydrogen (secondary N) is 3. The van der Waals surface area contributed by atoms with Gasteiger partial charge >= 0.3 is 6.09 Å². The van der Waals surface area contributed by atoms with E-state index in [0.29, 0.717) is 32.1 Å². The average molecular weight is 567 g/mol. The molecule has 2 heterocycles. The summed E-state index contributed by atoms with van der Waals surface area (Å²) in [4.78, 5) is 66.3. The van der Waals surface area contributed by atoms with Gasteiger partial charge in [-0.2, -0.15) is 0 Å². The molecular formula is C26H38N4O8S. The molecule has 13 heteroatoms. The van der Waals surface area contributed by atoms with Gasteiger partial charge in [-0.25, -0.2) is 13.2 Å². The average Bonchev–Trinajstić information content (AvgIpc) is 3.73. The number of rotatable bonds is 4. The summed E-state index contributed by atoms with van der Waals surface area (Å²) in [7, 11) is -3.84. The maximum atomic E-state index is 13.6. The summed E-state index contributed by atoms with van der Waals surface area (Å²) in [6.07, 6.45) is 7.05. The fourth-order valence-electron chi connectivity index (χ4n) is 5.08. The molecule has 3 N–H and O–H groups in total. The van der Waals surface area contributed by atoms with Crippen molar-refractivity contribution in [2.24, 2.45) is 5.92 Å². The first kappa shape index (κ1) is 29.0. The molecule has 0 radical (unpaired) electrons. The molecule has 0 bridgehead atoms. The third kappa shape index (κ3) is 6.98. The molecule has 2 aliphatic heterocycles. The van der Waals surface area contributed by atoms with Crippen LogP contribution in [-0.4, -0.2) is 77.9 Å². The van der Waals surface area contributed by atoms with Gasteiger partial charge < -0.3 is 20.3 Å². The molecule has 2 aliphatic carbocycles. The minimum absolute atomic E-state index is 0.207. The molecule has 0 aromatic heterocycles. The highest BCUT2D eigenvalue weighted by molar-refractivity contribution is 7.91. The van der Waals surface area contributed by atoms with Crippen LogP contribution in [0.3, 0.4) is 0 Å². The van der Waals surface area contributed by atoms with E-state index in [1.807, 2.05) is 12.2 Å². The van der Waals surface area contributed by atoms with E-state index in [9.17, 15) is 32.4 Å². The van der Waals surface area contributed by atoms with Gasteiger partial charge in [0.2, 0.25) is 21.8 Å². The highest BCUT2D eigenvalue weighted by atomic mass is 32.2. The predicted octanol–water partition coefficient (Wildman–Crippen LogP) is 1.05. The number of hydrogen-bond donors (Lipinski definition) is 3. The van der Waals surface area contributed by atoms with Crippen molar-refractivity contribution in [3.8, 4) is 0 Å². The number of carbonyl (C=O) groups excluding carboxylic acids is 5. The molecule has 1 saturated heterocycles. The predicted molar refractivity (Wildman–Crippen MR) is 140 cm³/mol. The molecule has 39 heavy (non-hydrogen) atoms. The third-order valence-electron chi connectivity index (χ3n) is 7.42. The van der Waals surface area contributed by atoms with Crippen molar-refractivity contribution in [3.63, 3.8) is 0 Å². The zero-order chi connectivity index (χ0) is 28.6.